The van der Waals surface area contributed by atoms with Crippen molar-refractivity contribution >= 4 is 11.6 Å². The summed E-state index contributed by atoms with van der Waals surface area (Å²) >= 11 is 0. The van der Waals surface area contributed by atoms with E-state index in [4.69, 9.17) is 4.74 Å². The smallest absolute Gasteiger partial charge is 0.422 e. The molecule has 0 unspecified atom stereocenters. The van der Waals surface area contributed by atoms with Crippen LogP contribution in [-0.2, 0) is 11.2 Å². The molecule has 0 atom stereocenters. The van der Waals surface area contributed by atoms with Gasteiger partial charge in [0.25, 0.3) is 0 Å². The van der Waals surface area contributed by atoms with Crippen molar-refractivity contribution in [3.05, 3.63) is 54.1 Å². The van der Waals surface area contributed by atoms with Crippen molar-refractivity contribution in [3.8, 4) is 11.5 Å². The highest BCUT2D eigenvalue weighted by molar-refractivity contribution is 5.90. The first kappa shape index (κ1) is 18.6. The second-order valence-electron chi connectivity index (χ2n) is 5.32. The number of carbonyl (C=O) groups excluding carboxylic acids is 1. The molecule has 4 nitrogen and oxygen atoms in total. The van der Waals surface area contributed by atoms with Crippen LogP contribution in [0.15, 0.2) is 48.5 Å². The lowest BCUT2D eigenvalue weighted by Gasteiger charge is -2.10. The number of nitrogens with one attached hydrogen (secondary N) is 1. The standard InChI is InChI=1S/C18H18F3NO3/c1-24-15-7-2-13(3-8-15)4-11-17(23)22-14-5-9-16(10-6-14)25-12-18(19,20)21/h2-3,5-10H,4,11-12H2,1H3,(H,22,23). The number of rotatable bonds is 7. The van der Waals surface area contributed by atoms with Gasteiger partial charge in [-0.3, -0.25) is 4.79 Å². The minimum Gasteiger partial charge on any atom is -0.497 e. The van der Waals surface area contributed by atoms with Gasteiger partial charge in [-0.25, -0.2) is 0 Å². The molecule has 1 N–H and O–H groups in total. The number of anilines is 1. The Morgan fingerprint density at radius 2 is 1.60 bits per heavy atom. The van der Waals surface area contributed by atoms with Crippen molar-refractivity contribution in [3.63, 3.8) is 0 Å². The molecule has 0 bridgehead atoms. The number of hydrogen-bond donors (Lipinski definition) is 1. The van der Waals surface area contributed by atoms with Crippen LogP contribution in [0.1, 0.15) is 12.0 Å². The second-order valence-corrected chi connectivity index (χ2v) is 5.32. The lowest BCUT2D eigenvalue weighted by atomic mass is 10.1. The summed E-state index contributed by atoms with van der Waals surface area (Å²) in [7, 11) is 1.59. The fourth-order valence-electron chi connectivity index (χ4n) is 2.07. The van der Waals surface area contributed by atoms with Crippen LogP contribution >= 0.6 is 0 Å². The Labute approximate surface area is 143 Å². The van der Waals surface area contributed by atoms with Gasteiger partial charge in [-0.05, 0) is 48.4 Å². The van der Waals surface area contributed by atoms with E-state index in [1.54, 1.807) is 7.11 Å². The summed E-state index contributed by atoms with van der Waals surface area (Å²) in [6.07, 6.45) is -3.52. The quantitative estimate of drug-likeness (QED) is 0.811. The zero-order valence-corrected chi connectivity index (χ0v) is 13.6. The Balaban J connectivity index is 1.79. The highest BCUT2D eigenvalue weighted by atomic mass is 19.4. The fraction of sp³-hybridized carbons (Fsp3) is 0.278. The van der Waals surface area contributed by atoms with Crippen LogP contribution in [0.2, 0.25) is 0 Å². The van der Waals surface area contributed by atoms with Gasteiger partial charge in [0, 0.05) is 12.1 Å². The minimum absolute atomic E-state index is 0.0913. The molecule has 0 spiro atoms. The molecule has 0 heterocycles. The van der Waals surface area contributed by atoms with Gasteiger partial charge in [-0.2, -0.15) is 13.2 Å². The van der Waals surface area contributed by atoms with Crippen LogP contribution in [0.5, 0.6) is 11.5 Å². The van der Waals surface area contributed by atoms with E-state index in [1.165, 1.54) is 24.3 Å². The topological polar surface area (TPSA) is 47.6 Å². The molecule has 25 heavy (non-hydrogen) atoms. The molecular weight excluding hydrogens is 335 g/mol. The van der Waals surface area contributed by atoms with E-state index in [-0.39, 0.29) is 11.7 Å². The second kappa shape index (κ2) is 8.41. The van der Waals surface area contributed by atoms with Crippen molar-refractivity contribution in [1.82, 2.24) is 0 Å². The fourth-order valence-corrected chi connectivity index (χ4v) is 2.07. The van der Waals surface area contributed by atoms with Crippen molar-refractivity contribution in [2.75, 3.05) is 19.0 Å². The van der Waals surface area contributed by atoms with Crippen molar-refractivity contribution < 1.29 is 27.4 Å². The summed E-state index contributed by atoms with van der Waals surface area (Å²) < 4.78 is 45.9. The van der Waals surface area contributed by atoms with Gasteiger partial charge in [0.1, 0.15) is 11.5 Å². The maximum absolute atomic E-state index is 12.1. The number of hydrogen-bond acceptors (Lipinski definition) is 3. The summed E-state index contributed by atoms with van der Waals surface area (Å²) in [5.74, 6) is 0.661. The number of carbonyl (C=O) groups is 1. The zero-order valence-electron chi connectivity index (χ0n) is 13.6. The lowest BCUT2D eigenvalue weighted by Crippen LogP contribution is -2.19. The molecule has 0 aliphatic heterocycles. The summed E-state index contributed by atoms with van der Waals surface area (Å²) in [5, 5.41) is 2.69. The maximum Gasteiger partial charge on any atom is 0.422 e. The maximum atomic E-state index is 12.1. The third-order valence-corrected chi connectivity index (χ3v) is 3.34. The normalized spacial score (nSPS) is 11.0. The Kier molecular flexibility index (Phi) is 6.27. The predicted octanol–water partition coefficient (Wildman–Crippen LogP) is 4.21. The Bertz CT molecular complexity index is 682. The Morgan fingerprint density at radius 3 is 2.16 bits per heavy atom. The van der Waals surface area contributed by atoms with Crippen LogP contribution in [-0.4, -0.2) is 25.8 Å². The Morgan fingerprint density at radius 1 is 1.00 bits per heavy atom. The first-order valence-corrected chi connectivity index (χ1v) is 7.58. The number of methoxy groups -OCH3 is 1. The van der Waals surface area contributed by atoms with E-state index in [0.29, 0.717) is 18.5 Å². The number of alkyl halides is 3. The molecule has 0 radical (unpaired) electrons. The number of benzene rings is 2. The van der Waals surface area contributed by atoms with Gasteiger partial charge in [0.05, 0.1) is 7.11 Å². The van der Waals surface area contributed by atoms with E-state index in [1.807, 2.05) is 24.3 Å². The molecule has 7 heteroatoms. The van der Waals surface area contributed by atoms with Gasteiger partial charge in [-0.1, -0.05) is 12.1 Å². The first-order valence-electron chi connectivity index (χ1n) is 7.58. The van der Waals surface area contributed by atoms with Crippen LogP contribution < -0.4 is 14.8 Å². The summed E-state index contributed by atoms with van der Waals surface area (Å²) in [6.45, 7) is -1.35. The van der Waals surface area contributed by atoms with Gasteiger partial charge >= 0.3 is 6.18 Å². The average molecular weight is 353 g/mol. The molecule has 2 rings (SSSR count). The third-order valence-electron chi connectivity index (χ3n) is 3.34. The molecule has 0 saturated heterocycles. The molecule has 134 valence electrons. The van der Waals surface area contributed by atoms with Gasteiger partial charge in [0.15, 0.2) is 6.61 Å². The zero-order chi connectivity index (χ0) is 18.3. The van der Waals surface area contributed by atoms with E-state index >= 15 is 0 Å². The number of halogens is 3. The molecule has 2 aromatic carbocycles. The van der Waals surface area contributed by atoms with Crippen molar-refractivity contribution in [1.29, 1.82) is 0 Å². The average Bonchev–Trinajstić information content (AvgIpc) is 2.59. The third kappa shape index (κ3) is 6.74. The SMILES string of the molecule is COc1ccc(CCC(=O)Nc2ccc(OCC(F)(F)F)cc2)cc1. The summed E-state index contributed by atoms with van der Waals surface area (Å²) in [6, 6.07) is 13.2. The van der Waals surface area contributed by atoms with Gasteiger partial charge in [0.2, 0.25) is 5.91 Å². The van der Waals surface area contributed by atoms with Gasteiger partial charge in [-0.15, -0.1) is 0 Å². The highest BCUT2D eigenvalue weighted by Gasteiger charge is 2.28. The predicted molar refractivity (Wildman–Crippen MR) is 87.9 cm³/mol. The number of amides is 1. The van der Waals surface area contributed by atoms with Crippen LogP contribution in [0.4, 0.5) is 18.9 Å². The molecule has 0 aliphatic carbocycles. The van der Waals surface area contributed by atoms with Crippen molar-refractivity contribution in [2.24, 2.45) is 0 Å². The van der Waals surface area contributed by atoms with Gasteiger partial charge < -0.3 is 14.8 Å². The summed E-state index contributed by atoms with van der Waals surface area (Å²) in [5.41, 5.74) is 1.51. The molecule has 0 fully saturated rings. The number of ether oxygens (including phenoxy) is 2. The van der Waals surface area contributed by atoms with Crippen LogP contribution in [0.3, 0.4) is 0 Å². The first-order chi connectivity index (χ1) is 11.9. The van der Waals surface area contributed by atoms with Crippen LogP contribution in [0, 0.1) is 0 Å². The molecule has 0 aliphatic rings. The minimum atomic E-state index is -4.38. The molecule has 0 saturated carbocycles. The lowest BCUT2D eigenvalue weighted by molar-refractivity contribution is -0.153. The molecule has 2 aromatic rings. The largest absolute Gasteiger partial charge is 0.497 e. The molecule has 0 aromatic heterocycles. The van der Waals surface area contributed by atoms with E-state index in [9.17, 15) is 18.0 Å². The van der Waals surface area contributed by atoms with E-state index in [0.717, 1.165) is 11.3 Å². The monoisotopic (exact) mass is 353 g/mol. The number of aryl methyl sites for hydroxylation is 1. The Hall–Kier alpha value is -2.70. The summed E-state index contributed by atoms with van der Waals surface area (Å²) in [4.78, 5) is 11.9. The van der Waals surface area contributed by atoms with E-state index < -0.39 is 12.8 Å². The molecule has 1 amide bonds. The van der Waals surface area contributed by atoms with E-state index in [2.05, 4.69) is 10.1 Å². The van der Waals surface area contributed by atoms with Crippen LogP contribution in [0.25, 0.3) is 0 Å². The molecular formula is C18H18F3NO3. The van der Waals surface area contributed by atoms with Crippen molar-refractivity contribution in [2.45, 2.75) is 19.0 Å². The highest BCUT2D eigenvalue weighted by Crippen LogP contribution is 2.20.